The maximum Gasteiger partial charge on any atom is 0.255 e. The Balaban J connectivity index is 1.93. The van der Waals surface area contributed by atoms with Crippen molar-refractivity contribution in [3.63, 3.8) is 0 Å². The van der Waals surface area contributed by atoms with E-state index in [-0.39, 0.29) is 17.7 Å². The number of para-hydroxylation sites is 1. The van der Waals surface area contributed by atoms with Gasteiger partial charge < -0.3 is 20.5 Å². The average molecular weight is 250 g/mol. The number of nitrogens with one attached hydrogen (secondary N) is 2. The van der Waals surface area contributed by atoms with E-state index in [0.717, 1.165) is 6.54 Å². The SMILES string of the molecule is Cc1cccc(C(=O)NCC2COCCN2)c1O. The van der Waals surface area contributed by atoms with E-state index in [4.69, 9.17) is 4.74 Å². The van der Waals surface area contributed by atoms with E-state index in [9.17, 15) is 9.90 Å². The first-order valence-corrected chi connectivity index (χ1v) is 6.06. The molecule has 2 rings (SSSR count). The minimum absolute atomic E-state index is 0.0443. The van der Waals surface area contributed by atoms with Crippen LogP contribution in [0, 0.1) is 6.92 Å². The fraction of sp³-hybridized carbons (Fsp3) is 0.462. The van der Waals surface area contributed by atoms with E-state index in [1.165, 1.54) is 0 Å². The summed E-state index contributed by atoms with van der Waals surface area (Å²) in [5, 5.41) is 15.8. The van der Waals surface area contributed by atoms with Gasteiger partial charge in [-0.15, -0.1) is 0 Å². The molecule has 0 saturated carbocycles. The number of carbonyl (C=O) groups is 1. The van der Waals surface area contributed by atoms with Gasteiger partial charge in [0, 0.05) is 19.1 Å². The minimum atomic E-state index is -0.261. The number of benzene rings is 1. The highest BCUT2D eigenvalue weighted by atomic mass is 16.5. The Labute approximate surface area is 106 Å². The van der Waals surface area contributed by atoms with E-state index < -0.39 is 0 Å². The molecule has 1 aromatic rings. The Hall–Kier alpha value is -1.59. The monoisotopic (exact) mass is 250 g/mol. The normalized spacial score (nSPS) is 19.5. The molecule has 1 aromatic carbocycles. The Morgan fingerprint density at radius 1 is 1.61 bits per heavy atom. The smallest absolute Gasteiger partial charge is 0.255 e. The summed E-state index contributed by atoms with van der Waals surface area (Å²) in [6.07, 6.45) is 0. The van der Waals surface area contributed by atoms with Crippen LogP contribution in [0.4, 0.5) is 0 Å². The summed E-state index contributed by atoms with van der Waals surface area (Å²) in [7, 11) is 0. The summed E-state index contributed by atoms with van der Waals surface area (Å²) < 4.78 is 5.30. The number of carbonyl (C=O) groups excluding carboxylic acids is 1. The number of aryl methyl sites for hydroxylation is 1. The van der Waals surface area contributed by atoms with Crippen LogP contribution in [0.5, 0.6) is 5.75 Å². The molecule has 0 spiro atoms. The van der Waals surface area contributed by atoms with Crippen molar-refractivity contribution in [2.75, 3.05) is 26.3 Å². The molecule has 5 nitrogen and oxygen atoms in total. The Morgan fingerprint density at radius 3 is 3.17 bits per heavy atom. The summed E-state index contributed by atoms with van der Waals surface area (Å²) in [5.41, 5.74) is 1.01. The van der Waals surface area contributed by atoms with Gasteiger partial charge in [-0.25, -0.2) is 0 Å². The Bertz CT molecular complexity index is 428. The van der Waals surface area contributed by atoms with Crippen molar-refractivity contribution >= 4 is 5.91 Å². The van der Waals surface area contributed by atoms with Gasteiger partial charge in [0.15, 0.2) is 0 Å². The zero-order chi connectivity index (χ0) is 13.0. The predicted molar refractivity (Wildman–Crippen MR) is 67.8 cm³/mol. The van der Waals surface area contributed by atoms with E-state index in [2.05, 4.69) is 10.6 Å². The summed E-state index contributed by atoms with van der Waals surface area (Å²) >= 11 is 0. The summed E-state index contributed by atoms with van der Waals surface area (Å²) in [4.78, 5) is 11.9. The van der Waals surface area contributed by atoms with Gasteiger partial charge in [0.1, 0.15) is 5.75 Å². The quantitative estimate of drug-likeness (QED) is 0.727. The molecule has 1 saturated heterocycles. The van der Waals surface area contributed by atoms with Crippen molar-refractivity contribution in [3.05, 3.63) is 29.3 Å². The molecule has 0 aliphatic carbocycles. The molecular weight excluding hydrogens is 232 g/mol. The molecule has 1 heterocycles. The maximum absolute atomic E-state index is 11.9. The summed E-state index contributed by atoms with van der Waals surface area (Å²) in [5.74, 6) is -0.216. The lowest BCUT2D eigenvalue weighted by molar-refractivity contribution is 0.0734. The van der Waals surface area contributed by atoms with Crippen molar-refractivity contribution in [2.45, 2.75) is 13.0 Å². The van der Waals surface area contributed by atoms with Gasteiger partial charge in [0.2, 0.25) is 0 Å². The van der Waals surface area contributed by atoms with E-state index in [0.29, 0.717) is 30.9 Å². The number of phenolic OH excluding ortho intramolecular Hbond substituents is 1. The van der Waals surface area contributed by atoms with Crippen LogP contribution in [0.2, 0.25) is 0 Å². The first-order chi connectivity index (χ1) is 8.68. The summed E-state index contributed by atoms with van der Waals surface area (Å²) in [6, 6.07) is 5.27. The number of phenols is 1. The standard InChI is InChI=1S/C13H18N2O3/c1-9-3-2-4-11(12(9)16)13(17)15-7-10-8-18-6-5-14-10/h2-4,10,14,16H,5-8H2,1H3,(H,15,17). The van der Waals surface area contributed by atoms with Gasteiger partial charge in [0.05, 0.1) is 18.8 Å². The molecule has 1 aliphatic heterocycles. The van der Waals surface area contributed by atoms with Gasteiger partial charge >= 0.3 is 0 Å². The molecule has 1 fully saturated rings. The third kappa shape index (κ3) is 3.00. The lowest BCUT2D eigenvalue weighted by atomic mass is 10.1. The van der Waals surface area contributed by atoms with Gasteiger partial charge in [-0.05, 0) is 18.6 Å². The molecule has 0 aromatic heterocycles. The second-order valence-electron chi connectivity index (χ2n) is 4.41. The first kappa shape index (κ1) is 12.9. The number of hydrogen-bond donors (Lipinski definition) is 3. The highest BCUT2D eigenvalue weighted by Crippen LogP contribution is 2.20. The van der Waals surface area contributed by atoms with Crippen LogP contribution < -0.4 is 10.6 Å². The molecule has 1 unspecified atom stereocenters. The predicted octanol–water partition coefficient (Wildman–Crippen LogP) is 0.419. The number of hydrogen-bond acceptors (Lipinski definition) is 4. The van der Waals surface area contributed by atoms with Crippen molar-refractivity contribution in [3.8, 4) is 5.75 Å². The van der Waals surface area contributed by atoms with Gasteiger partial charge in [0.25, 0.3) is 5.91 Å². The van der Waals surface area contributed by atoms with Crippen molar-refractivity contribution < 1.29 is 14.6 Å². The molecule has 0 radical (unpaired) electrons. The van der Waals surface area contributed by atoms with Crippen LogP contribution in [0.1, 0.15) is 15.9 Å². The van der Waals surface area contributed by atoms with Crippen molar-refractivity contribution in [1.82, 2.24) is 10.6 Å². The molecule has 98 valence electrons. The van der Waals surface area contributed by atoms with Crippen LogP contribution in [0.3, 0.4) is 0 Å². The molecule has 3 N–H and O–H groups in total. The van der Waals surface area contributed by atoms with Gasteiger partial charge in [-0.2, -0.15) is 0 Å². The number of rotatable bonds is 3. The Morgan fingerprint density at radius 2 is 2.44 bits per heavy atom. The Kier molecular flexibility index (Phi) is 4.17. The molecule has 1 atom stereocenters. The van der Waals surface area contributed by atoms with Crippen molar-refractivity contribution in [2.24, 2.45) is 0 Å². The van der Waals surface area contributed by atoms with Gasteiger partial charge in [-0.1, -0.05) is 12.1 Å². The largest absolute Gasteiger partial charge is 0.507 e. The van der Waals surface area contributed by atoms with Gasteiger partial charge in [-0.3, -0.25) is 4.79 Å². The molecule has 18 heavy (non-hydrogen) atoms. The average Bonchev–Trinajstić information content (AvgIpc) is 2.40. The molecule has 5 heteroatoms. The zero-order valence-corrected chi connectivity index (χ0v) is 10.4. The summed E-state index contributed by atoms with van der Waals surface area (Å²) in [6.45, 7) is 4.37. The van der Waals surface area contributed by atoms with Crippen LogP contribution in [-0.4, -0.2) is 43.4 Å². The molecule has 0 bridgehead atoms. The van der Waals surface area contributed by atoms with E-state index in [1.54, 1.807) is 25.1 Å². The number of ether oxygens (including phenoxy) is 1. The lowest BCUT2D eigenvalue weighted by Gasteiger charge is -2.24. The van der Waals surface area contributed by atoms with Crippen LogP contribution >= 0.6 is 0 Å². The van der Waals surface area contributed by atoms with Crippen LogP contribution in [-0.2, 0) is 4.74 Å². The number of amides is 1. The highest BCUT2D eigenvalue weighted by Gasteiger charge is 2.16. The maximum atomic E-state index is 11.9. The van der Waals surface area contributed by atoms with Crippen LogP contribution in [0.15, 0.2) is 18.2 Å². The second-order valence-corrected chi connectivity index (χ2v) is 4.41. The molecule has 1 aliphatic rings. The second kappa shape index (κ2) is 5.84. The van der Waals surface area contributed by atoms with Crippen molar-refractivity contribution in [1.29, 1.82) is 0 Å². The zero-order valence-electron chi connectivity index (χ0n) is 10.4. The third-order valence-corrected chi connectivity index (χ3v) is 2.99. The highest BCUT2D eigenvalue weighted by molar-refractivity contribution is 5.97. The number of aromatic hydroxyl groups is 1. The third-order valence-electron chi connectivity index (χ3n) is 2.99. The lowest BCUT2D eigenvalue weighted by Crippen LogP contribution is -2.48. The molecule has 1 amide bonds. The minimum Gasteiger partial charge on any atom is -0.507 e. The van der Waals surface area contributed by atoms with E-state index in [1.807, 2.05) is 0 Å². The van der Waals surface area contributed by atoms with E-state index >= 15 is 0 Å². The first-order valence-electron chi connectivity index (χ1n) is 6.06. The number of morpholine rings is 1. The molecular formula is C13H18N2O3. The van der Waals surface area contributed by atoms with Crippen LogP contribution in [0.25, 0.3) is 0 Å². The fourth-order valence-electron chi connectivity index (χ4n) is 1.90. The topological polar surface area (TPSA) is 70.6 Å². The fourth-order valence-corrected chi connectivity index (χ4v) is 1.90.